The number of aryl methyl sites for hydroxylation is 2. The minimum absolute atomic E-state index is 0.128. The molecule has 20 heavy (non-hydrogen) atoms. The number of piperidine rings is 1. The molecule has 1 N–H and O–H groups in total. The first-order valence-electron chi connectivity index (χ1n) is 7.05. The Hall–Kier alpha value is -1.36. The normalized spacial score (nSPS) is 16.4. The number of carbonyl (C=O) groups is 2. The summed E-state index contributed by atoms with van der Waals surface area (Å²) < 4.78 is 0. The number of hydrogen-bond donors (Lipinski definition) is 1. The Morgan fingerprint density at radius 2 is 2.00 bits per heavy atom. The van der Waals surface area contributed by atoms with Gasteiger partial charge in [-0.15, -0.1) is 11.3 Å². The van der Waals surface area contributed by atoms with E-state index in [9.17, 15) is 9.59 Å². The molecule has 0 atom stereocenters. The lowest BCUT2D eigenvalue weighted by molar-refractivity contribution is -0.137. The number of amides is 1. The summed E-state index contributed by atoms with van der Waals surface area (Å²) in [5, 5.41) is 8.70. The highest BCUT2D eigenvalue weighted by atomic mass is 32.1. The third-order valence-electron chi connectivity index (χ3n) is 3.94. The average molecular weight is 295 g/mol. The number of aliphatic carboxylic acids is 1. The van der Waals surface area contributed by atoms with Crippen molar-refractivity contribution in [2.45, 2.75) is 39.5 Å². The zero-order valence-corrected chi connectivity index (χ0v) is 12.8. The Morgan fingerprint density at radius 3 is 2.50 bits per heavy atom. The van der Waals surface area contributed by atoms with Crippen LogP contribution in [-0.4, -0.2) is 35.0 Å². The molecule has 1 aromatic heterocycles. The summed E-state index contributed by atoms with van der Waals surface area (Å²) in [7, 11) is 0. The number of thiophene rings is 1. The minimum atomic E-state index is -0.729. The summed E-state index contributed by atoms with van der Waals surface area (Å²) in [6.07, 6.45) is 2.80. The van der Waals surface area contributed by atoms with Crippen molar-refractivity contribution in [3.05, 3.63) is 21.4 Å². The second kappa shape index (κ2) is 6.39. The standard InChI is InChI=1S/C15H21NO3S/c1-10-9-13(11(2)20-10)15(19)16-7-5-12(6-8-16)3-4-14(17)18/h9,12H,3-8H2,1-2H3,(H,17,18). The van der Waals surface area contributed by atoms with Gasteiger partial charge in [-0.3, -0.25) is 9.59 Å². The molecule has 0 bridgehead atoms. The summed E-state index contributed by atoms with van der Waals surface area (Å²) in [6.45, 7) is 5.51. The molecule has 4 nitrogen and oxygen atoms in total. The van der Waals surface area contributed by atoms with Gasteiger partial charge in [0.05, 0.1) is 5.56 Å². The quantitative estimate of drug-likeness (QED) is 0.928. The van der Waals surface area contributed by atoms with E-state index in [1.54, 1.807) is 11.3 Å². The van der Waals surface area contributed by atoms with E-state index in [-0.39, 0.29) is 12.3 Å². The number of hydrogen-bond acceptors (Lipinski definition) is 3. The third kappa shape index (κ3) is 3.60. The van der Waals surface area contributed by atoms with Gasteiger partial charge in [0.15, 0.2) is 0 Å². The minimum Gasteiger partial charge on any atom is -0.481 e. The van der Waals surface area contributed by atoms with Gasteiger partial charge in [0, 0.05) is 29.3 Å². The third-order valence-corrected chi connectivity index (χ3v) is 4.91. The van der Waals surface area contributed by atoms with Crippen LogP contribution in [0.15, 0.2) is 6.07 Å². The fourth-order valence-corrected chi connectivity index (χ4v) is 3.68. The molecule has 110 valence electrons. The zero-order chi connectivity index (χ0) is 14.7. The van der Waals surface area contributed by atoms with Crippen LogP contribution in [-0.2, 0) is 4.79 Å². The molecule has 2 rings (SSSR count). The summed E-state index contributed by atoms with van der Waals surface area (Å²) in [6, 6.07) is 1.97. The van der Waals surface area contributed by atoms with E-state index in [4.69, 9.17) is 5.11 Å². The first-order valence-corrected chi connectivity index (χ1v) is 7.87. The SMILES string of the molecule is Cc1cc(C(=O)N2CCC(CCC(=O)O)CC2)c(C)s1. The lowest BCUT2D eigenvalue weighted by Gasteiger charge is -2.31. The lowest BCUT2D eigenvalue weighted by atomic mass is 9.92. The van der Waals surface area contributed by atoms with Gasteiger partial charge in [-0.05, 0) is 45.1 Å². The molecular weight excluding hydrogens is 274 g/mol. The Kier molecular flexibility index (Phi) is 4.81. The van der Waals surface area contributed by atoms with Crippen LogP contribution in [0.25, 0.3) is 0 Å². The van der Waals surface area contributed by atoms with E-state index < -0.39 is 5.97 Å². The van der Waals surface area contributed by atoms with Crippen LogP contribution in [0.5, 0.6) is 0 Å². The molecule has 1 aromatic rings. The molecule has 1 aliphatic heterocycles. The lowest BCUT2D eigenvalue weighted by Crippen LogP contribution is -2.38. The molecule has 0 saturated carbocycles. The van der Waals surface area contributed by atoms with Crippen molar-refractivity contribution in [2.24, 2.45) is 5.92 Å². The van der Waals surface area contributed by atoms with E-state index in [1.807, 2.05) is 24.8 Å². The van der Waals surface area contributed by atoms with Gasteiger partial charge >= 0.3 is 5.97 Å². The van der Waals surface area contributed by atoms with E-state index in [1.165, 1.54) is 4.88 Å². The van der Waals surface area contributed by atoms with Gasteiger partial charge in [-0.1, -0.05) is 0 Å². The number of rotatable bonds is 4. The molecule has 0 aromatic carbocycles. The van der Waals surface area contributed by atoms with Crippen LogP contribution in [0, 0.1) is 19.8 Å². The Morgan fingerprint density at radius 1 is 1.35 bits per heavy atom. The molecule has 2 heterocycles. The summed E-state index contributed by atoms with van der Waals surface area (Å²) >= 11 is 1.66. The number of likely N-dealkylation sites (tertiary alicyclic amines) is 1. The summed E-state index contributed by atoms with van der Waals surface area (Å²) in [4.78, 5) is 27.2. The fraction of sp³-hybridized carbons (Fsp3) is 0.600. The summed E-state index contributed by atoms with van der Waals surface area (Å²) in [5.74, 6) is -0.156. The van der Waals surface area contributed by atoms with E-state index in [0.717, 1.165) is 42.8 Å². The predicted molar refractivity (Wildman–Crippen MR) is 79.3 cm³/mol. The first-order chi connectivity index (χ1) is 9.47. The monoisotopic (exact) mass is 295 g/mol. The van der Waals surface area contributed by atoms with Gasteiger partial charge in [0.2, 0.25) is 0 Å². The Balaban J connectivity index is 1.89. The smallest absolute Gasteiger partial charge is 0.303 e. The number of carbonyl (C=O) groups excluding carboxylic acids is 1. The molecule has 1 fully saturated rings. The second-order valence-corrected chi connectivity index (χ2v) is 6.96. The average Bonchev–Trinajstić information content (AvgIpc) is 2.75. The van der Waals surface area contributed by atoms with Crippen molar-refractivity contribution < 1.29 is 14.7 Å². The van der Waals surface area contributed by atoms with Crippen molar-refractivity contribution in [1.29, 1.82) is 0 Å². The molecule has 1 aliphatic rings. The van der Waals surface area contributed by atoms with Gasteiger partial charge in [0.1, 0.15) is 0 Å². The number of carboxylic acid groups (broad SMARTS) is 1. The van der Waals surface area contributed by atoms with Gasteiger partial charge in [0.25, 0.3) is 5.91 Å². The van der Waals surface area contributed by atoms with Crippen LogP contribution in [0.2, 0.25) is 0 Å². The Bertz CT molecular complexity index is 501. The van der Waals surface area contributed by atoms with Crippen molar-refractivity contribution in [3.63, 3.8) is 0 Å². The summed E-state index contributed by atoms with van der Waals surface area (Å²) in [5.41, 5.74) is 0.830. The fourth-order valence-electron chi connectivity index (χ4n) is 2.77. The molecular formula is C15H21NO3S. The number of nitrogens with zero attached hydrogens (tertiary/aromatic N) is 1. The van der Waals surface area contributed by atoms with Crippen molar-refractivity contribution in [1.82, 2.24) is 4.90 Å². The molecule has 1 saturated heterocycles. The van der Waals surface area contributed by atoms with Gasteiger partial charge in [-0.2, -0.15) is 0 Å². The van der Waals surface area contributed by atoms with Gasteiger partial charge in [-0.25, -0.2) is 0 Å². The molecule has 5 heteroatoms. The molecule has 1 amide bonds. The Labute approximate surface area is 123 Å². The molecule has 0 unspecified atom stereocenters. The van der Waals surface area contributed by atoms with Crippen LogP contribution < -0.4 is 0 Å². The van der Waals surface area contributed by atoms with E-state index >= 15 is 0 Å². The maximum absolute atomic E-state index is 12.4. The highest BCUT2D eigenvalue weighted by Gasteiger charge is 2.25. The zero-order valence-electron chi connectivity index (χ0n) is 12.0. The van der Waals surface area contributed by atoms with E-state index in [0.29, 0.717) is 5.92 Å². The topological polar surface area (TPSA) is 57.6 Å². The first kappa shape index (κ1) is 15.0. The highest BCUT2D eigenvalue weighted by molar-refractivity contribution is 7.12. The maximum Gasteiger partial charge on any atom is 0.303 e. The highest BCUT2D eigenvalue weighted by Crippen LogP contribution is 2.26. The molecule has 0 radical (unpaired) electrons. The van der Waals surface area contributed by atoms with Crippen LogP contribution in [0.1, 0.15) is 45.8 Å². The van der Waals surface area contributed by atoms with Crippen LogP contribution in [0.3, 0.4) is 0 Å². The van der Waals surface area contributed by atoms with E-state index in [2.05, 4.69) is 0 Å². The second-order valence-electron chi connectivity index (χ2n) is 5.49. The van der Waals surface area contributed by atoms with Crippen molar-refractivity contribution >= 4 is 23.2 Å². The number of carboxylic acids is 1. The van der Waals surface area contributed by atoms with Crippen molar-refractivity contribution in [2.75, 3.05) is 13.1 Å². The van der Waals surface area contributed by atoms with Gasteiger partial charge < -0.3 is 10.0 Å². The molecule has 0 aliphatic carbocycles. The van der Waals surface area contributed by atoms with Crippen LogP contribution >= 0.6 is 11.3 Å². The predicted octanol–water partition coefficient (Wildman–Crippen LogP) is 3.08. The van der Waals surface area contributed by atoms with Crippen LogP contribution in [0.4, 0.5) is 0 Å². The molecule has 0 spiro atoms. The van der Waals surface area contributed by atoms with Crippen molar-refractivity contribution in [3.8, 4) is 0 Å². The maximum atomic E-state index is 12.4. The largest absolute Gasteiger partial charge is 0.481 e.